The van der Waals surface area contributed by atoms with Gasteiger partial charge in [0, 0.05) is 6.07 Å². The van der Waals surface area contributed by atoms with Gasteiger partial charge in [-0.3, -0.25) is 4.57 Å². The van der Waals surface area contributed by atoms with E-state index < -0.39 is 5.20 Å². The second kappa shape index (κ2) is 14.2. The van der Waals surface area contributed by atoms with Gasteiger partial charge >= 0.3 is 5.20 Å². The van der Waals surface area contributed by atoms with Crippen LogP contribution in [0.15, 0.2) is 78.9 Å². The van der Waals surface area contributed by atoms with Gasteiger partial charge < -0.3 is 15.3 Å². The van der Waals surface area contributed by atoms with Crippen molar-refractivity contribution in [2.75, 3.05) is 0 Å². The molecule has 0 bridgehead atoms. The Kier molecular flexibility index (Phi) is 13.3. The maximum atomic E-state index is 9.51. The standard InChI is InChI=1S/C8H10O.C6H6O2.C6H6.Cl3OP/c1-6-4-3-5-8(9)7(6)2;7-5-2-1-3-6(8)4-5;1-2-4-6-5-3-1;1-5(2,3)4/h3-5,9H,1-2H3;1-4,7-8H;1-6H;. The van der Waals surface area contributed by atoms with Gasteiger partial charge in [-0.05, 0) is 76.9 Å². The fourth-order valence-electron chi connectivity index (χ4n) is 1.61. The monoisotopic (exact) mass is 462 g/mol. The van der Waals surface area contributed by atoms with Gasteiger partial charge in [-0.1, -0.05) is 54.6 Å². The Morgan fingerprint density at radius 1 is 0.679 bits per heavy atom. The minimum absolute atomic E-state index is 0.0880. The summed E-state index contributed by atoms with van der Waals surface area (Å²) in [4.78, 5) is 0. The van der Waals surface area contributed by atoms with E-state index in [1.807, 2.05) is 62.4 Å². The number of rotatable bonds is 0. The average molecular weight is 464 g/mol. The van der Waals surface area contributed by atoms with Crippen LogP contribution in [0.4, 0.5) is 0 Å². The first kappa shape index (κ1) is 26.2. The van der Waals surface area contributed by atoms with Crippen molar-refractivity contribution in [2.24, 2.45) is 0 Å². The van der Waals surface area contributed by atoms with Gasteiger partial charge in [-0.25, -0.2) is 0 Å². The molecule has 0 aliphatic rings. The highest BCUT2D eigenvalue weighted by Gasteiger charge is 2.03. The van der Waals surface area contributed by atoms with Crippen molar-refractivity contribution in [2.45, 2.75) is 13.8 Å². The second-order valence-electron chi connectivity index (χ2n) is 5.29. The average Bonchev–Trinajstić information content (AvgIpc) is 2.61. The number of phenolic OH excluding ortho intramolecular Hbond substituents is 3. The summed E-state index contributed by atoms with van der Waals surface area (Å²) >= 11 is 13.8. The molecule has 0 fully saturated rings. The number of hydrogen-bond donors (Lipinski definition) is 3. The molecule has 3 N–H and O–H groups in total. The van der Waals surface area contributed by atoms with Gasteiger partial charge in [0.15, 0.2) is 0 Å². The van der Waals surface area contributed by atoms with Gasteiger partial charge in [0.2, 0.25) is 0 Å². The zero-order valence-corrected chi connectivity index (χ0v) is 18.5. The molecule has 3 aromatic rings. The van der Waals surface area contributed by atoms with E-state index in [1.54, 1.807) is 12.1 Å². The molecule has 0 saturated heterocycles. The fourth-order valence-corrected chi connectivity index (χ4v) is 1.61. The molecule has 3 rings (SSSR count). The van der Waals surface area contributed by atoms with Crippen molar-refractivity contribution in [1.29, 1.82) is 0 Å². The largest absolute Gasteiger partial charge is 0.508 e. The van der Waals surface area contributed by atoms with Crippen molar-refractivity contribution in [3.63, 3.8) is 0 Å². The molecule has 0 saturated carbocycles. The molecule has 8 heteroatoms. The van der Waals surface area contributed by atoms with Crippen LogP contribution in [0.25, 0.3) is 0 Å². The van der Waals surface area contributed by atoms with Crippen LogP contribution in [-0.4, -0.2) is 15.3 Å². The maximum absolute atomic E-state index is 9.51. The lowest BCUT2D eigenvalue weighted by atomic mass is 10.1. The Morgan fingerprint density at radius 3 is 1.29 bits per heavy atom. The Bertz CT molecular complexity index is 783. The lowest BCUT2D eigenvalue weighted by Crippen LogP contribution is -1.78. The predicted octanol–water partition coefficient (Wildman–Crippen LogP) is 7.60. The molecule has 28 heavy (non-hydrogen) atoms. The summed E-state index contributed by atoms with van der Waals surface area (Å²) in [5.41, 5.74) is 2.10. The highest BCUT2D eigenvalue weighted by Crippen LogP contribution is 2.61. The van der Waals surface area contributed by atoms with Crippen molar-refractivity contribution < 1.29 is 19.9 Å². The molecular weight excluding hydrogens is 442 g/mol. The van der Waals surface area contributed by atoms with Crippen LogP contribution in [0.2, 0.25) is 0 Å². The van der Waals surface area contributed by atoms with Crippen molar-refractivity contribution >= 4 is 38.9 Å². The van der Waals surface area contributed by atoms with E-state index in [1.165, 1.54) is 18.2 Å². The first-order valence-corrected chi connectivity index (χ1v) is 12.3. The second-order valence-corrected chi connectivity index (χ2v) is 11.9. The van der Waals surface area contributed by atoms with Gasteiger partial charge in [0.25, 0.3) is 0 Å². The number of hydrogen-bond acceptors (Lipinski definition) is 4. The van der Waals surface area contributed by atoms with E-state index in [2.05, 4.69) is 33.7 Å². The number of phenols is 3. The third-order valence-electron chi connectivity index (χ3n) is 3.07. The van der Waals surface area contributed by atoms with Crippen LogP contribution >= 0.6 is 38.9 Å². The fraction of sp³-hybridized carbons (Fsp3) is 0.100. The van der Waals surface area contributed by atoms with Crippen molar-refractivity contribution in [3.05, 3.63) is 90.0 Å². The molecular formula is C20H22Cl3O4P. The minimum atomic E-state index is -3.22. The smallest absolute Gasteiger partial charge is 0.339 e. The molecule has 3 aromatic carbocycles. The summed E-state index contributed by atoms with van der Waals surface area (Å²) in [6.07, 6.45) is 0. The summed E-state index contributed by atoms with van der Waals surface area (Å²) in [6.45, 7) is 3.89. The predicted molar refractivity (Wildman–Crippen MR) is 119 cm³/mol. The topological polar surface area (TPSA) is 77.8 Å². The van der Waals surface area contributed by atoms with Crippen LogP contribution in [0, 0.1) is 13.8 Å². The summed E-state index contributed by atoms with van der Waals surface area (Å²) in [6, 6.07) is 23.4. The van der Waals surface area contributed by atoms with E-state index in [9.17, 15) is 4.57 Å². The number of aromatic hydroxyl groups is 3. The van der Waals surface area contributed by atoms with Crippen LogP contribution in [0.1, 0.15) is 11.1 Å². The Balaban J connectivity index is 0.000000356. The molecule has 0 unspecified atom stereocenters. The first-order chi connectivity index (χ1) is 13.0. The molecule has 0 atom stereocenters. The SMILES string of the molecule is Cc1cccc(O)c1C.O=P(Cl)(Cl)Cl.Oc1cccc(O)c1.c1ccccc1. The highest BCUT2D eigenvalue weighted by molar-refractivity contribution is 8.24. The van der Waals surface area contributed by atoms with Crippen LogP contribution < -0.4 is 0 Å². The van der Waals surface area contributed by atoms with Crippen molar-refractivity contribution in [1.82, 2.24) is 0 Å². The lowest BCUT2D eigenvalue weighted by molar-refractivity contribution is 0.450. The van der Waals surface area contributed by atoms with E-state index in [4.69, 9.17) is 15.3 Å². The Morgan fingerprint density at radius 2 is 1.04 bits per heavy atom. The molecule has 152 valence electrons. The van der Waals surface area contributed by atoms with E-state index in [-0.39, 0.29) is 11.5 Å². The van der Waals surface area contributed by atoms with Crippen LogP contribution in [0.5, 0.6) is 17.2 Å². The lowest BCUT2D eigenvalue weighted by Gasteiger charge is -1.99. The molecule has 0 aliphatic carbocycles. The molecule has 0 spiro atoms. The molecule has 0 aliphatic heterocycles. The Hall–Kier alpha value is -1.84. The Labute approximate surface area is 179 Å². The van der Waals surface area contributed by atoms with Gasteiger partial charge in [0.05, 0.1) is 0 Å². The number of benzene rings is 3. The summed E-state index contributed by atoms with van der Waals surface area (Å²) in [5.74, 6) is 0.560. The molecule has 0 radical (unpaired) electrons. The third kappa shape index (κ3) is 16.3. The number of halogens is 3. The number of aryl methyl sites for hydroxylation is 1. The summed E-state index contributed by atoms with van der Waals surface area (Å²) in [5, 5.41) is 23.2. The third-order valence-corrected chi connectivity index (χ3v) is 3.07. The summed E-state index contributed by atoms with van der Waals surface area (Å²) in [7, 11) is 0. The van der Waals surface area contributed by atoms with E-state index in [0.717, 1.165) is 11.1 Å². The first-order valence-electron chi connectivity index (χ1n) is 7.93. The zero-order valence-electron chi connectivity index (χ0n) is 15.3. The van der Waals surface area contributed by atoms with Crippen LogP contribution in [0.3, 0.4) is 0 Å². The van der Waals surface area contributed by atoms with Crippen LogP contribution in [-0.2, 0) is 4.57 Å². The molecule has 0 heterocycles. The molecule has 0 aromatic heterocycles. The normalized spacial score (nSPS) is 9.46. The van der Waals surface area contributed by atoms with Crippen molar-refractivity contribution in [3.8, 4) is 17.2 Å². The molecule has 0 amide bonds. The minimum Gasteiger partial charge on any atom is -0.508 e. The van der Waals surface area contributed by atoms with Gasteiger partial charge in [-0.2, -0.15) is 0 Å². The van der Waals surface area contributed by atoms with Gasteiger partial charge in [-0.15, -0.1) is 0 Å². The molecule has 4 nitrogen and oxygen atoms in total. The van der Waals surface area contributed by atoms with E-state index in [0.29, 0.717) is 5.75 Å². The quantitative estimate of drug-likeness (QED) is 0.300. The van der Waals surface area contributed by atoms with E-state index >= 15 is 0 Å². The highest BCUT2D eigenvalue weighted by atomic mass is 36.0. The van der Waals surface area contributed by atoms with Gasteiger partial charge in [0.1, 0.15) is 17.2 Å². The zero-order chi connectivity index (χ0) is 21.6. The summed E-state index contributed by atoms with van der Waals surface area (Å²) < 4.78 is 9.51. The maximum Gasteiger partial charge on any atom is 0.339 e.